The molecule has 6 aromatic rings. The van der Waals surface area contributed by atoms with Crippen molar-refractivity contribution in [2.75, 3.05) is 17.2 Å². The average Bonchev–Trinajstić information content (AvgIpc) is 3.88. The summed E-state index contributed by atoms with van der Waals surface area (Å²) in [6, 6.07) is 11.3. The van der Waals surface area contributed by atoms with Gasteiger partial charge in [-0.15, -0.1) is 0 Å². The van der Waals surface area contributed by atoms with E-state index < -0.39 is 11.8 Å². The fourth-order valence-electron chi connectivity index (χ4n) is 6.72. The smallest absolute Gasteiger partial charge is 0.276 e. The number of benzene rings is 2. The molecule has 0 saturated carbocycles. The maximum atomic E-state index is 13.6. The molecule has 0 aliphatic carbocycles. The van der Waals surface area contributed by atoms with Gasteiger partial charge in [0.1, 0.15) is 29.3 Å². The van der Waals surface area contributed by atoms with Crippen LogP contribution in [0.3, 0.4) is 0 Å². The Kier molecular flexibility index (Phi) is 8.69. The van der Waals surface area contributed by atoms with Crippen LogP contribution in [0.25, 0.3) is 22.1 Å². The van der Waals surface area contributed by atoms with E-state index >= 15 is 0 Å². The standard InChI is InChI=1S/C35H38N12O5/c1-5-45-26(12-18(3)42-45)32(50)40-34-38-23-14-20(30(36)48)9-10-25(23)44(34)11-7-8-22-17-52-28-16-21(31(37)49)15-24-29(28)47(22)35(39-24)41-33(51)27-13-19(4)43-46(27)6-2/h9-10,12-16,22H,5-8,11,17H2,1-4H3,(H2,36,48)(H2,37,49)(H,38,40,50)(H,39,41,51)/t22-/m0/s1. The second-order valence-corrected chi connectivity index (χ2v) is 12.7. The van der Waals surface area contributed by atoms with E-state index in [1.54, 1.807) is 51.8 Å². The van der Waals surface area contributed by atoms with Crippen molar-refractivity contribution in [3.8, 4) is 5.75 Å². The number of anilines is 2. The zero-order valence-electron chi connectivity index (χ0n) is 29.1. The molecule has 7 rings (SSSR count). The Morgan fingerprint density at radius 2 is 1.40 bits per heavy atom. The topological polar surface area (TPSA) is 225 Å². The summed E-state index contributed by atoms with van der Waals surface area (Å²) in [7, 11) is 0. The van der Waals surface area contributed by atoms with Crippen molar-refractivity contribution >= 4 is 57.6 Å². The molecule has 1 aliphatic rings. The first-order valence-corrected chi connectivity index (χ1v) is 17.0. The highest BCUT2D eigenvalue weighted by molar-refractivity contribution is 6.05. The van der Waals surface area contributed by atoms with Crippen LogP contribution < -0.4 is 26.8 Å². The van der Waals surface area contributed by atoms with E-state index in [-0.39, 0.29) is 30.0 Å². The Morgan fingerprint density at radius 3 is 2.02 bits per heavy atom. The van der Waals surface area contributed by atoms with Crippen molar-refractivity contribution in [3.05, 3.63) is 76.4 Å². The van der Waals surface area contributed by atoms with Crippen LogP contribution in [0.4, 0.5) is 11.9 Å². The minimum atomic E-state index is -0.626. The highest BCUT2D eigenvalue weighted by Gasteiger charge is 2.30. The maximum absolute atomic E-state index is 13.6. The molecule has 0 unspecified atom stereocenters. The Bertz CT molecular complexity index is 2420. The third kappa shape index (κ3) is 6.09. The Hall–Kier alpha value is -6.52. The number of rotatable bonds is 12. The Labute approximate surface area is 296 Å². The minimum absolute atomic E-state index is 0.228. The number of hydrogen-bond donors (Lipinski definition) is 4. The summed E-state index contributed by atoms with van der Waals surface area (Å²) in [5.41, 5.74) is 16.2. The van der Waals surface area contributed by atoms with Gasteiger partial charge in [0.25, 0.3) is 11.8 Å². The normalized spacial score (nSPS) is 13.7. The number of fused-ring (bicyclic) bond motifs is 1. The number of nitrogens with zero attached hydrogens (tertiary/aromatic N) is 8. The van der Waals surface area contributed by atoms with Gasteiger partial charge in [-0.2, -0.15) is 10.2 Å². The lowest BCUT2D eigenvalue weighted by Gasteiger charge is -2.27. The summed E-state index contributed by atoms with van der Waals surface area (Å²) in [5.74, 6) is -0.942. The predicted octanol–water partition coefficient (Wildman–Crippen LogP) is 3.55. The molecule has 2 aromatic carbocycles. The Balaban J connectivity index is 1.20. The SMILES string of the molecule is CCn1nc(C)cc1C(=O)Nc1nc2cc(C(N)=O)ccc2n1CCC[C@H]1COc2cc(C(N)=O)cc3nc(NC(=O)c4cc(C)nn4CC)n1c23. The number of aromatic nitrogens is 8. The number of primary amides is 2. The molecule has 4 amide bonds. The number of imidazole rings is 2. The number of nitrogens with two attached hydrogens (primary N) is 2. The molecule has 5 heterocycles. The first-order valence-electron chi connectivity index (χ1n) is 17.0. The summed E-state index contributed by atoms with van der Waals surface area (Å²) in [6.07, 6.45) is 1.14. The zero-order valence-corrected chi connectivity index (χ0v) is 29.1. The molecule has 1 atom stereocenters. The van der Waals surface area contributed by atoms with Gasteiger partial charge in [-0.25, -0.2) is 9.97 Å². The van der Waals surface area contributed by atoms with E-state index in [2.05, 4.69) is 25.8 Å². The fraction of sp³-hybridized carbons (Fsp3) is 0.314. The quantitative estimate of drug-likeness (QED) is 0.146. The van der Waals surface area contributed by atoms with Gasteiger partial charge in [0.2, 0.25) is 23.7 Å². The molecule has 0 radical (unpaired) electrons. The molecular formula is C35H38N12O5. The average molecular weight is 707 g/mol. The van der Waals surface area contributed by atoms with Crippen LogP contribution in [0.5, 0.6) is 5.75 Å². The molecule has 0 fully saturated rings. The largest absolute Gasteiger partial charge is 0.489 e. The van der Waals surface area contributed by atoms with Crippen LogP contribution in [0.15, 0.2) is 42.5 Å². The molecular weight excluding hydrogens is 668 g/mol. The highest BCUT2D eigenvalue weighted by atomic mass is 16.5. The Morgan fingerprint density at radius 1 is 0.808 bits per heavy atom. The molecule has 0 spiro atoms. The van der Waals surface area contributed by atoms with Gasteiger partial charge in [-0.1, -0.05) is 0 Å². The lowest BCUT2D eigenvalue weighted by atomic mass is 10.1. The number of carbonyl (C=O) groups excluding carboxylic acids is 4. The number of ether oxygens (including phenoxy) is 1. The number of nitrogens with one attached hydrogen (secondary N) is 2. The van der Waals surface area contributed by atoms with Gasteiger partial charge in [-0.05, 0) is 83.0 Å². The second-order valence-electron chi connectivity index (χ2n) is 12.7. The highest BCUT2D eigenvalue weighted by Crippen LogP contribution is 2.39. The molecule has 1 aliphatic heterocycles. The van der Waals surface area contributed by atoms with Crippen molar-refractivity contribution in [1.29, 1.82) is 0 Å². The fourth-order valence-corrected chi connectivity index (χ4v) is 6.72. The van der Waals surface area contributed by atoms with Gasteiger partial charge in [0.15, 0.2) is 0 Å². The van der Waals surface area contributed by atoms with E-state index in [9.17, 15) is 19.2 Å². The predicted molar refractivity (Wildman–Crippen MR) is 191 cm³/mol. The van der Waals surface area contributed by atoms with Crippen LogP contribution in [0.2, 0.25) is 0 Å². The van der Waals surface area contributed by atoms with Gasteiger partial charge in [0, 0.05) is 30.8 Å². The molecule has 6 N–H and O–H groups in total. The summed E-state index contributed by atoms with van der Waals surface area (Å²) < 4.78 is 13.2. The van der Waals surface area contributed by atoms with Crippen molar-refractivity contribution < 1.29 is 23.9 Å². The van der Waals surface area contributed by atoms with Crippen LogP contribution in [-0.4, -0.2) is 68.9 Å². The first kappa shape index (κ1) is 34.0. The maximum Gasteiger partial charge on any atom is 0.276 e. The summed E-state index contributed by atoms with van der Waals surface area (Å²) >= 11 is 0. The number of aryl methyl sites for hydroxylation is 5. The molecule has 17 nitrogen and oxygen atoms in total. The zero-order chi connectivity index (χ0) is 36.8. The van der Waals surface area contributed by atoms with E-state index in [1.807, 2.05) is 36.8 Å². The molecule has 268 valence electrons. The van der Waals surface area contributed by atoms with Gasteiger partial charge in [0.05, 0.1) is 34.0 Å². The molecule has 4 aromatic heterocycles. The molecule has 0 saturated heterocycles. The van der Waals surface area contributed by atoms with E-state index in [0.717, 1.165) is 0 Å². The summed E-state index contributed by atoms with van der Waals surface area (Å²) in [4.78, 5) is 60.5. The van der Waals surface area contributed by atoms with Crippen molar-refractivity contribution in [2.45, 2.75) is 66.2 Å². The lowest BCUT2D eigenvalue weighted by molar-refractivity contribution is 0.0991. The minimum Gasteiger partial charge on any atom is -0.489 e. The monoisotopic (exact) mass is 706 g/mol. The van der Waals surface area contributed by atoms with Crippen LogP contribution in [0.1, 0.15) is 85.8 Å². The van der Waals surface area contributed by atoms with E-state index in [4.69, 9.17) is 21.2 Å². The third-order valence-electron chi connectivity index (χ3n) is 9.10. The molecule has 0 bridgehead atoms. The van der Waals surface area contributed by atoms with Crippen LogP contribution >= 0.6 is 0 Å². The lowest BCUT2D eigenvalue weighted by Crippen LogP contribution is -2.26. The number of carbonyl (C=O) groups is 4. The second kappa shape index (κ2) is 13.3. The first-order chi connectivity index (χ1) is 24.9. The van der Waals surface area contributed by atoms with Crippen LogP contribution in [-0.2, 0) is 19.6 Å². The van der Waals surface area contributed by atoms with E-state index in [1.165, 1.54) is 0 Å². The van der Waals surface area contributed by atoms with Crippen LogP contribution in [0, 0.1) is 13.8 Å². The number of amides is 4. The van der Waals surface area contributed by atoms with Gasteiger partial charge < -0.3 is 25.3 Å². The van der Waals surface area contributed by atoms with E-state index in [0.29, 0.717) is 101 Å². The van der Waals surface area contributed by atoms with Gasteiger partial charge >= 0.3 is 0 Å². The summed E-state index contributed by atoms with van der Waals surface area (Å²) in [6.45, 7) is 9.11. The van der Waals surface area contributed by atoms with Crippen molar-refractivity contribution in [1.82, 2.24) is 38.7 Å². The van der Waals surface area contributed by atoms with Crippen molar-refractivity contribution in [3.63, 3.8) is 0 Å². The molecule has 52 heavy (non-hydrogen) atoms. The summed E-state index contributed by atoms with van der Waals surface area (Å²) in [5, 5.41) is 14.7. The van der Waals surface area contributed by atoms with Crippen molar-refractivity contribution in [2.24, 2.45) is 11.5 Å². The van der Waals surface area contributed by atoms with Gasteiger partial charge in [-0.3, -0.25) is 39.2 Å². The molecule has 17 heteroatoms. The third-order valence-corrected chi connectivity index (χ3v) is 9.10. The number of hydrogen-bond acceptors (Lipinski definition) is 9.